The molecule has 3 N–H and O–H groups in total. The molecule has 1 saturated carbocycles. The van der Waals surface area contributed by atoms with E-state index >= 15 is 0 Å². The van der Waals surface area contributed by atoms with Crippen LogP contribution < -0.4 is 11.1 Å². The van der Waals surface area contributed by atoms with Crippen LogP contribution in [0.25, 0.3) is 10.4 Å². The summed E-state index contributed by atoms with van der Waals surface area (Å²) < 4.78 is 0. The summed E-state index contributed by atoms with van der Waals surface area (Å²) in [6, 6.07) is 3.24. The predicted octanol–water partition coefficient (Wildman–Crippen LogP) is 2.87. The molecule has 3 amide bonds. The number of nitrogens with zero attached hydrogens (tertiary/aromatic N) is 3. The van der Waals surface area contributed by atoms with Gasteiger partial charge in [0.2, 0.25) is 5.91 Å². The number of pyridine rings is 1. The zero-order valence-electron chi connectivity index (χ0n) is 14.6. The van der Waals surface area contributed by atoms with E-state index in [0.29, 0.717) is 24.0 Å². The predicted molar refractivity (Wildman–Crippen MR) is 100.0 cm³/mol. The van der Waals surface area contributed by atoms with Crippen molar-refractivity contribution in [3.8, 4) is 10.4 Å². The van der Waals surface area contributed by atoms with Gasteiger partial charge < -0.3 is 10.6 Å². The molecule has 2 aromatic heterocycles. The first-order valence-corrected chi connectivity index (χ1v) is 9.65. The fraction of sp³-hybridized carbons (Fsp3) is 0.444. The van der Waals surface area contributed by atoms with Gasteiger partial charge in [-0.3, -0.25) is 15.1 Å². The number of anilines is 1. The molecule has 4 rings (SSSR count). The second-order valence-electron chi connectivity index (χ2n) is 6.86. The summed E-state index contributed by atoms with van der Waals surface area (Å²) in [5.41, 5.74) is 8.46. The van der Waals surface area contributed by atoms with E-state index in [2.05, 4.69) is 21.4 Å². The van der Waals surface area contributed by atoms with E-state index < -0.39 is 11.9 Å². The number of primary amides is 1. The minimum atomic E-state index is -0.531. The quantitative estimate of drug-likeness (QED) is 0.863. The molecule has 2 fully saturated rings. The van der Waals surface area contributed by atoms with Crippen molar-refractivity contribution in [3.63, 3.8) is 0 Å². The molecule has 7 nitrogen and oxygen atoms in total. The monoisotopic (exact) mass is 371 g/mol. The molecule has 1 aliphatic heterocycles. The molecule has 1 unspecified atom stereocenters. The Morgan fingerprint density at radius 1 is 1.35 bits per heavy atom. The smallest absolute Gasteiger partial charge is 0.324 e. The molecule has 2 aromatic rings. The highest BCUT2D eigenvalue weighted by Gasteiger charge is 2.33. The Morgan fingerprint density at radius 2 is 2.15 bits per heavy atom. The summed E-state index contributed by atoms with van der Waals surface area (Å²) >= 11 is 1.44. The Morgan fingerprint density at radius 3 is 2.88 bits per heavy atom. The molecule has 1 saturated heterocycles. The van der Waals surface area contributed by atoms with Gasteiger partial charge in [0.1, 0.15) is 6.04 Å². The van der Waals surface area contributed by atoms with Crippen LogP contribution in [0, 0.1) is 6.92 Å². The number of amides is 3. The number of thiazole rings is 1. The lowest BCUT2D eigenvalue weighted by atomic mass is 10.1. The Balaban J connectivity index is 1.52. The fourth-order valence-corrected chi connectivity index (χ4v) is 4.33. The number of nitrogens with two attached hydrogens (primary N) is 1. The van der Waals surface area contributed by atoms with Gasteiger partial charge in [0.15, 0.2) is 5.13 Å². The maximum atomic E-state index is 12.5. The maximum Gasteiger partial charge on any atom is 0.324 e. The third-order valence-corrected chi connectivity index (χ3v) is 6.01. The summed E-state index contributed by atoms with van der Waals surface area (Å²) in [5.74, 6) is 0.126. The second-order valence-corrected chi connectivity index (χ2v) is 7.86. The van der Waals surface area contributed by atoms with E-state index in [1.165, 1.54) is 29.1 Å². The van der Waals surface area contributed by atoms with Crippen molar-refractivity contribution in [2.75, 3.05) is 11.9 Å². The lowest BCUT2D eigenvalue weighted by Crippen LogP contribution is -2.45. The third-order valence-electron chi connectivity index (χ3n) is 4.89. The van der Waals surface area contributed by atoms with Crippen LogP contribution in [-0.2, 0) is 4.79 Å². The van der Waals surface area contributed by atoms with E-state index in [1.54, 1.807) is 0 Å². The molecule has 0 spiro atoms. The van der Waals surface area contributed by atoms with Gasteiger partial charge in [-0.2, -0.15) is 0 Å². The number of rotatable bonds is 4. The third kappa shape index (κ3) is 3.29. The van der Waals surface area contributed by atoms with E-state index in [1.807, 2.05) is 19.2 Å². The summed E-state index contributed by atoms with van der Waals surface area (Å²) in [4.78, 5) is 35.4. The van der Waals surface area contributed by atoms with Gasteiger partial charge in [0.05, 0.1) is 10.6 Å². The van der Waals surface area contributed by atoms with E-state index in [0.717, 1.165) is 28.2 Å². The highest BCUT2D eigenvalue weighted by molar-refractivity contribution is 7.19. The Bertz CT molecular complexity index is 861. The number of nitrogens with one attached hydrogen (secondary N) is 1. The largest absolute Gasteiger partial charge is 0.368 e. The van der Waals surface area contributed by atoms with E-state index in [4.69, 9.17) is 5.73 Å². The number of aryl methyl sites for hydroxylation is 1. The first-order valence-electron chi connectivity index (χ1n) is 8.83. The highest BCUT2D eigenvalue weighted by Crippen LogP contribution is 2.41. The maximum absolute atomic E-state index is 12.5. The number of carbonyl (C=O) groups excluding carboxylic acids is 2. The van der Waals surface area contributed by atoms with Crippen molar-refractivity contribution in [2.24, 2.45) is 5.73 Å². The van der Waals surface area contributed by atoms with Crippen LogP contribution in [0.5, 0.6) is 0 Å². The van der Waals surface area contributed by atoms with Gasteiger partial charge in [0.25, 0.3) is 0 Å². The topological polar surface area (TPSA) is 101 Å². The van der Waals surface area contributed by atoms with Crippen molar-refractivity contribution < 1.29 is 9.59 Å². The Hall–Kier alpha value is -2.48. The molecule has 1 aliphatic carbocycles. The van der Waals surface area contributed by atoms with E-state index in [-0.39, 0.29) is 6.03 Å². The number of hydrogen-bond acceptors (Lipinski definition) is 5. The average Bonchev–Trinajstić information content (AvgIpc) is 3.23. The zero-order valence-corrected chi connectivity index (χ0v) is 15.4. The fourth-order valence-electron chi connectivity index (χ4n) is 3.38. The molecule has 8 heteroatoms. The first kappa shape index (κ1) is 17.0. The number of urea groups is 1. The molecule has 26 heavy (non-hydrogen) atoms. The summed E-state index contributed by atoms with van der Waals surface area (Å²) in [6.45, 7) is 2.46. The van der Waals surface area contributed by atoms with Gasteiger partial charge in [-0.25, -0.2) is 9.78 Å². The number of likely N-dealkylation sites (tertiary alicyclic amines) is 1. The van der Waals surface area contributed by atoms with E-state index in [9.17, 15) is 9.59 Å². The van der Waals surface area contributed by atoms with Gasteiger partial charge in [0, 0.05) is 24.4 Å². The van der Waals surface area contributed by atoms with Crippen molar-refractivity contribution in [3.05, 3.63) is 29.7 Å². The normalized spacial score (nSPS) is 19.6. The van der Waals surface area contributed by atoms with Gasteiger partial charge in [-0.1, -0.05) is 11.3 Å². The molecule has 0 aromatic carbocycles. The molecule has 2 aliphatic rings. The van der Waals surface area contributed by atoms with Gasteiger partial charge in [-0.15, -0.1) is 0 Å². The van der Waals surface area contributed by atoms with Crippen LogP contribution in [0.4, 0.5) is 9.93 Å². The molecular formula is C18H21N5O2S. The second kappa shape index (κ2) is 6.68. The van der Waals surface area contributed by atoms with Crippen molar-refractivity contribution in [1.82, 2.24) is 14.9 Å². The SMILES string of the molecule is Cc1nc(NC(=O)N2CCCC2C(N)=O)sc1-c1ccnc(C2CC2)c1. The molecule has 1 atom stereocenters. The van der Waals surface area contributed by atoms with Crippen LogP contribution in [0.3, 0.4) is 0 Å². The average molecular weight is 371 g/mol. The zero-order chi connectivity index (χ0) is 18.3. The van der Waals surface area contributed by atoms with Crippen molar-refractivity contribution in [2.45, 2.75) is 44.6 Å². The van der Waals surface area contributed by atoms with Gasteiger partial charge in [-0.05, 0) is 50.3 Å². The molecule has 0 bridgehead atoms. The standard InChI is InChI=1S/C18H21N5O2S/c1-10-15(12-6-7-20-13(9-12)11-4-5-11)26-17(21-10)22-18(25)23-8-2-3-14(23)16(19)24/h6-7,9,11,14H,2-5,8H2,1H3,(H2,19,24)(H,21,22,25). The summed E-state index contributed by atoms with van der Waals surface area (Å²) in [6.07, 6.45) is 5.64. The van der Waals surface area contributed by atoms with Crippen LogP contribution in [0.1, 0.15) is 43.0 Å². The number of aromatic nitrogens is 2. The first-order chi connectivity index (χ1) is 12.5. The minimum Gasteiger partial charge on any atom is -0.368 e. The molecule has 136 valence electrons. The lowest BCUT2D eigenvalue weighted by molar-refractivity contribution is -0.121. The number of hydrogen-bond donors (Lipinski definition) is 2. The Labute approximate surface area is 155 Å². The molecule has 3 heterocycles. The van der Waals surface area contributed by atoms with Gasteiger partial charge >= 0.3 is 6.03 Å². The molecular weight excluding hydrogens is 350 g/mol. The van der Waals surface area contributed by atoms with Crippen LogP contribution in [0.2, 0.25) is 0 Å². The van der Waals surface area contributed by atoms with Crippen LogP contribution in [0.15, 0.2) is 18.3 Å². The highest BCUT2D eigenvalue weighted by atomic mass is 32.1. The Kier molecular flexibility index (Phi) is 4.36. The van der Waals surface area contributed by atoms with Crippen molar-refractivity contribution in [1.29, 1.82) is 0 Å². The molecule has 0 radical (unpaired) electrons. The minimum absolute atomic E-state index is 0.319. The van der Waals surface area contributed by atoms with Crippen molar-refractivity contribution >= 4 is 28.4 Å². The lowest BCUT2D eigenvalue weighted by Gasteiger charge is -2.21. The summed E-state index contributed by atoms with van der Waals surface area (Å²) in [7, 11) is 0. The number of carbonyl (C=O) groups is 2. The van der Waals surface area contributed by atoms with Crippen LogP contribution >= 0.6 is 11.3 Å². The van der Waals surface area contributed by atoms with Crippen LogP contribution in [-0.4, -0.2) is 39.4 Å². The summed E-state index contributed by atoms with van der Waals surface area (Å²) in [5, 5.41) is 3.35.